The van der Waals surface area contributed by atoms with Gasteiger partial charge in [-0.2, -0.15) is 0 Å². The Balaban J connectivity index is 7.08. The predicted octanol–water partition coefficient (Wildman–Crippen LogP) is 3.74. The summed E-state index contributed by atoms with van der Waals surface area (Å²) in [6.45, 7) is 29.8. The number of aliphatic hydroxyl groups is 1. The minimum atomic E-state index is -1.61. The smallest absolute Gasteiger partial charge is 0.328 e. The lowest BCUT2D eigenvalue weighted by Gasteiger charge is -2.41. The van der Waals surface area contributed by atoms with Crippen LogP contribution in [0, 0.1) is 41.4 Å². The van der Waals surface area contributed by atoms with Crippen molar-refractivity contribution in [3.8, 4) is 0 Å². The van der Waals surface area contributed by atoms with Crippen molar-refractivity contribution in [2.45, 2.75) is 223 Å². The highest BCUT2D eigenvalue weighted by molar-refractivity contribution is 5.98. The minimum absolute atomic E-state index is 0.0000603. The first kappa shape index (κ1) is 81.6. The summed E-state index contributed by atoms with van der Waals surface area (Å²) in [5, 5.41) is 29.4. The van der Waals surface area contributed by atoms with Crippen LogP contribution >= 0.6 is 0 Å². The largest absolute Gasteiger partial charge is 0.478 e. The zero-order valence-corrected chi connectivity index (χ0v) is 57.7. The molecule has 0 radical (unpaired) electrons. The van der Waals surface area contributed by atoms with Crippen molar-refractivity contribution in [2.24, 2.45) is 47.2 Å². The molecular formula is C64H115N11O13. The Morgan fingerprint density at radius 2 is 0.932 bits per heavy atom. The van der Waals surface area contributed by atoms with Crippen LogP contribution in [-0.2, 0) is 52.7 Å². The van der Waals surface area contributed by atoms with Crippen LogP contribution in [-0.4, -0.2) is 232 Å². The average molecular weight is 1250 g/mol. The van der Waals surface area contributed by atoms with Gasteiger partial charge in [0.15, 0.2) is 0 Å². The molecule has 0 saturated carbocycles. The number of carbonyl (C=O) groups excluding carboxylic acids is 10. The number of aliphatic hydroxyl groups excluding tert-OH is 1. The second-order valence-electron chi connectivity index (χ2n) is 26.4. The molecule has 0 unspecified atom stereocenters. The molecule has 10 amide bonds. The zero-order valence-electron chi connectivity index (χ0n) is 57.7. The van der Waals surface area contributed by atoms with Crippen molar-refractivity contribution < 1.29 is 63.0 Å². The molecule has 0 heterocycles. The molecule has 24 nitrogen and oxygen atoms in total. The van der Waals surface area contributed by atoms with Crippen LogP contribution in [0.1, 0.15) is 156 Å². The molecule has 504 valence electrons. The van der Waals surface area contributed by atoms with Gasteiger partial charge < -0.3 is 66.2 Å². The standard InChI is InChI=1S/C64H115N11O13/c1-25-27-28-42(15)55(79)54(58(82)68-46(26-2)60(84)69(18)35-50(76)70(19)45(31-36(3)4)29-30-51(77)78)75(24)64(88)53(41(13)14)74(23)62(86)49(34-39(9)10)73(22)61(85)48(33-38(7)8)72(21)59(83)44(17)67-56(80)43(16)66-57(81)47(32-37(5)6)71(20)63(87)52(65)40(11)12/h25,27,29-30,36-49,52-55,79H,26,28,31-35,65H2,1-24H3,(H,66,81)(H,67,80)(H,68,82)(H,77,78)/b27-25+,30-29+/t42-,43+,44-,45-,46+,47+,48+,49+,52+,53+,54+,55-/m1/s1. The van der Waals surface area contributed by atoms with E-state index in [1.165, 1.54) is 93.8 Å². The van der Waals surface area contributed by atoms with Gasteiger partial charge in [-0.3, -0.25) is 47.9 Å². The van der Waals surface area contributed by atoms with Crippen LogP contribution in [0.25, 0.3) is 0 Å². The van der Waals surface area contributed by atoms with Crippen LogP contribution in [0.4, 0.5) is 0 Å². The van der Waals surface area contributed by atoms with Gasteiger partial charge >= 0.3 is 5.97 Å². The van der Waals surface area contributed by atoms with Gasteiger partial charge in [-0.25, -0.2) is 4.79 Å². The third-order valence-corrected chi connectivity index (χ3v) is 16.1. The number of hydrogen-bond acceptors (Lipinski definition) is 13. The molecule has 0 fully saturated rings. The van der Waals surface area contributed by atoms with Crippen molar-refractivity contribution in [1.29, 1.82) is 0 Å². The fourth-order valence-corrected chi connectivity index (χ4v) is 10.4. The molecule has 0 aliphatic carbocycles. The third-order valence-electron chi connectivity index (χ3n) is 16.1. The number of nitrogens with one attached hydrogen (secondary N) is 3. The second kappa shape index (κ2) is 38.2. The van der Waals surface area contributed by atoms with E-state index >= 15 is 9.59 Å². The lowest BCUT2D eigenvalue weighted by atomic mass is 9.91. The van der Waals surface area contributed by atoms with Crippen molar-refractivity contribution in [3.63, 3.8) is 0 Å². The summed E-state index contributed by atoms with van der Waals surface area (Å²) in [7, 11) is 10.1. The van der Waals surface area contributed by atoms with Gasteiger partial charge in [-0.15, -0.1) is 0 Å². The maximum atomic E-state index is 15.1. The van der Waals surface area contributed by atoms with E-state index < -0.39 is 150 Å². The normalized spacial score (nSPS) is 16.0. The maximum Gasteiger partial charge on any atom is 0.328 e. The number of allylic oxidation sites excluding steroid dienone is 2. The SMILES string of the molecule is C/C=C/C[C@@H](C)[C@@H](O)[C@@H](C(=O)N[C@@H](CC)C(=O)N(C)CC(=O)N(C)[C@H](/C=C/C(=O)O)CC(C)C)N(C)C(=O)[C@H](C(C)C)N(C)C(=O)[C@H](CC(C)C)N(C)C(=O)[C@H](CC(C)C)N(C)C(=O)[C@@H](C)NC(=O)[C@H](C)NC(=O)[C@H](CC(C)C)N(C)C(=O)[C@@H](N)C(C)C. The fourth-order valence-electron chi connectivity index (χ4n) is 10.4. The summed E-state index contributed by atoms with van der Waals surface area (Å²) in [4.78, 5) is 162. The van der Waals surface area contributed by atoms with E-state index in [0.717, 1.165) is 15.9 Å². The number of carboxylic acid groups (broad SMARTS) is 1. The Kier molecular flexibility index (Phi) is 35.4. The number of nitrogens with two attached hydrogens (primary N) is 1. The second-order valence-corrected chi connectivity index (χ2v) is 26.4. The van der Waals surface area contributed by atoms with Gasteiger partial charge in [-0.05, 0) is 101 Å². The number of amides is 10. The Labute approximate surface area is 526 Å². The highest BCUT2D eigenvalue weighted by Gasteiger charge is 2.45. The van der Waals surface area contributed by atoms with E-state index in [2.05, 4.69) is 16.0 Å². The molecule has 0 bridgehead atoms. The first-order chi connectivity index (χ1) is 40.5. The molecular weight excluding hydrogens is 1130 g/mol. The number of carboxylic acids is 1. The molecule has 0 saturated heterocycles. The number of nitrogens with zero attached hydrogens (tertiary/aromatic N) is 7. The Morgan fingerprint density at radius 1 is 0.489 bits per heavy atom. The molecule has 0 rings (SSSR count). The summed E-state index contributed by atoms with van der Waals surface area (Å²) in [5.74, 6) is -9.06. The van der Waals surface area contributed by atoms with E-state index in [0.29, 0.717) is 19.3 Å². The Bertz CT molecular complexity index is 2390. The van der Waals surface area contributed by atoms with E-state index in [4.69, 9.17) is 5.73 Å². The third kappa shape index (κ3) is 24.9. The van der Waals surface area contributed by atoms with Gasteiger partial charge in [0, 0.05) is 55.4 Å². The number of aliphatic carboxylic acids is 1. The van der Waals surface area contributed by atoms with Crippen LogP contribution < -0.4 is 21.7 Å². The summed E-state index contributed by atoms with van der Waals surface area (Å²) >= 11 is 0. The van der Waals surface area contributed by atoms with E-state index in [1.807, 2.05) is 55.4 Å². The predicted molar refractivity (Wildman–Crippen MR) is 341 cm³/mol. The van der Waals surface area contributed by atoms with E-state index in [1.54, 1.807) is 60.6 Å². The Hall–Kier alpha value is -6.43. The number of rotatable bonds is 37. The molecule has 0 aromatic rings. The molecule has 0 aliphatic rings. The average Bonchev–Trinajstić information content (AvgIpc) is 1.67. The van der Waals surface area contributed by atoms with Crippen molar-refractivity contribution in [2.75, 3.05) is 55.9 Å². The van der Waals surface area contributed by atoms with Gasteiger partial charge in [-0.1, -0.05) is 115 Å². The fraction of sp³-hybridized carbons (Fsp3) is 0.766. The van der Waals surface area contributed by atoms with E-state index in [-0.39, 0.29) is 48.9 Å². The lowest BCUT2D eigenvalue weighted by molar-refractivity contribution is -0.157. The quantitative estimate of drug-likeness (QED) is 0.0382. The van der Waals surface area contributed by atoms with E-state index in [9.17, 15) is 53.4 Å². The summed E-state index contributed by atoms with van der Waals surface area (Å²) in [6.07, 6.45) is 5.85. The van der Waals surface area contributed by atoms with Gasteiger partial charge in [0.2, 0.25) is 59.1 Å². The van der Waals surface area contributed by atoms with Crippen LogP contribution in [0.2, 0.25) is 0 Å². The summed E-state index contributed by atoms with van der Waals surface area (Å²) < 4.78 is 0. The van der Waals surface area contributed by atoms with Crippen molar-refractivity contribution in [3.05, 3.63) is 24.3 Å². The number of hydrogen-bond donors (Lipinski definition) is 6. The summed E-state index contributed by atoms with van der Waals surface area (Å²) in [5.41, 5.74) is 6.15. The van der Waals surface area contributed by atoms with Gasteiger partial charge in [0.1, 0.15) is 48.3 Å². The topological polar surface area (TPSA) is 313 Å². The van der Waals surface area contributed by atoms with Crippen LogP contribution in [0.3, 0.4) is 0 Å². The molecule has 0 aromatic carbocycles. The Morgan fingerprint density at radius 3 is 1.38 bits per heavy atom. The first-order valence-corrected chi connectivity index (χ1v) is 31.2. The van der Waals surface area contributed by atoms with Gasteiger partial charge in [0.25, 0.3) is 0 Å². The van der Waals surface area contributed by atoms with Crippen LogP contribution in [0.15, 0.2) is 24.3 Å². The summed E-state index contributed by atoms with van der Waals surface area (Å²) in [6, 6.07) is -11.1. The zero-order chi connectivity index (χ0) is 68.7. The molecule has 7 N–H and O–H groups in total. The minimum Gasteiger partial charge on any atom is -0.478 e. The van der Waals surface area contributed by atoms with Crippen molar-refractivity contribution >= 4 is 65.0 Å². The van der Waals surface area contributed by atoms with Crippen LogP contribution in [0.5, 0.6) is 0 Å². The molecule has 0 aromatic heterocycles. The lowest BCUT2D eigenvalue weighted by Crippen LogP contribution is -2.63. The maximum absolute atomic E-state index is 15.1. The van der Waals surface area contributed by atoms with Gasteiger partial charge in [0.05, 0.1) is 24.7 Å². The number of likely N-dealkylation sites (N-methyl/N-ethyl adjacent to an activating group) is 7. The number of carbonyl (C=O) groups is 11. The molecule has 0 aliphatic heterocycles. The molecule has 0 spiro atoms. The highest BCUT2D eigenvalue weighted by Crippen LogP contribution is 2.25. The monoisotopic (exact) mass is 1250 g/mol. The molecule has 24 heteroatoms. The highest BCUT2D eigenvalue weighted by atomic mass is 16.4. The first-order valence-electron chi connectivity index (χ1n) is 31.2. The van der Waals surface area contributed by atoms with Crippen molar-refractivity contribution in [1.82, 2.24) is 50.2 Å². The molecule has 88 heavy (non-hydrogen) atoms. The molecule has 12 atom stereocenters.